The zero-order chi connectivity index (χ0) is 17.6. The van der Waals surface area contributed by atoms with E-state index in [9.17, 15) is 0 Å². The molecule has 1 aromatic carbocycles. The van der Waals surface area contributed by atoms with E-state index in [1.54, 1.807) is 0 Å². The lowest BCUT2D eigenvalue weighted by atomic mass is 10.2. The molecule has 25 heavy (non-hydrogen) atoms. The summed E-state index contributed by atoms with van der Waals surface area (Å²) in [5, 5.41) is 8.21. The van der Waals surface area contributed by atoms with Crippen molar-refractivity contribution in [3.63, 3.8) is 0 Å². The Morgan fingerprint density at radius 3 is 2.48 bits per heavy atom. The summed E-state index contributed by atoms with van der Waals surface area (Å²) < 4.78 is 2.06. The molecule has 5 heteroatoms. The van der Waals surface area contributed by atoms with Gasteiger partial charge in [0.1, 0.15) is 5.82 Å². The van der Waals surface area contributed by atoms with Gasteiger partial charge >= 0.3 is 0 Å². The molecule has 0 amide bonds. The number of benzene rings is 1. The quantitative estimate of drug-likeness (QED) is 0.785. The molecule has 136 valence electrons. The summed E-state index contributed by atoms with van der Waals surface area (Å²) in [6.45, 7) is 11.7. The number of aromatic nitrogens is 2. The summed E-state index contributed by atoms with van der Waals surface area (Å²) in [5.41, 5.74) is 3.90. The highest BCUT2D eigenvalue weighted by molar-refractivity contribution is 5.50. The maximum absolute atomic E-state index is 4.67. The van der Waals surface area contributed by atoms with E-state index in [0.717, 1.165) is 57.9 Å². The van der Waals surface area contributed by atoms with Crippen LogP contribution in [0.4, 0.5) is 5.82 Å². The molecule has 2 heterocycles. The molecule has 1 saturated heterocycles. The van der Waals surface area contributed by atoms with Gasteiger partial charge in [0.2, 0.25) is 0 Å². The number of nitrogens with one attached hydrogen (secondary N) is 1. The first-order valence-corrected chi connectivity index (χ1v) is 9.43. The van der Waals surface area contributed by atoms with Gasteiger partial charge in [-0.2, -0.15) is 5.10 Å². The second-order valence-corrected chi connectivity index (χ2v) is 6.94. The fourth-order valence-electron chi connectivity index (χ4n) is 3.64. The van der Waals surface area contributed by atoms with Gasteiger partial charge in [0.05, 0.1) is 5.69 Å². The lowest BCUT2D eigenvalue weighted by Gasteiger charge is -2.36. The van der Waals surface area contributed by atoms with Gasteiger partial charge in [0.15, 0.2) is 0 Å². The van der Waals surface area contributed by atoms with Crippen molar-refractivity contribution in [2.75, 3.05) is 37.6 Å². The topological polar surface area (TPSA) is 36.3 Å². The van der Waals surface area contributed by atoms with Crippen LogP contribution in [0.3, 0.4) is 0 Å². The van der Waals surface area contributed by atoms with Gasteiger partial charge < -0.3 is 10.2 Å². The Labute approximate surface area is 151 Å². The van der Waals surface area contributed by atoms with Crippen LogP contribution < -0.4 is 10.2 Å². The Morgan fingerprint density at radius 1 is 1.08 bits per heavy atom. The molecule has 0 aliphatic carbocycles. The number of aryl methyl sites for hydroxylation is 2. The maximum atomic E-state index is 4.67. The fourth-order valence-corrected chi connectivity index (χ4v) is 3.64. The molecule has 0 atom stereocenters. The second-order valence-electron chi connectivity index (χ2n) is 6.94. The largest absolute Gasteiger partial charge is 0.354 e. The van der Waals surface area contributed by atoms with Crippen molar-refractivity contribution in [1.29, 1.82) is 0 Å². The Kier molecular flexibility index (Phi) is 6.10. The minimum Gasteiger partial charge on any atom is -0.354 e. The first-order chi connectivity index (χ1) is 12.2. The molecule has 2 aromatic rings. The van der Waals surface area contributed by atoms with E-state index in [2.05, 4.69) is 76.1 Å². The van der Waals surface area contributed by atoms with Gasteiger partial charge in [-0.3, -0.25) is 9.58 Å². The van der Waals surface area contributed by atoms with Crippen molar-refractivity contribution in [2.24, 2.45) is 7.05 Å². The van der Waals surface area contributed by atoms with Gasteiger partial charge in [-0.25, -0.2) is 0 Å². The third-order valence-electron chi connectivity index (χ3n) is 4.96. The van der Waals surface area contributed by atoms with Crippen LogP contribution in [0.5, 0.6) is 0 Å². The van der Waals surface area contributed by atoms with E-state index in [-0.39, 0.29) is 0 Å². The van der Waals surface area contributed by atoms with Crippen LogP contribution in [-0.2, 0) is 20.1 Å². The van der Waals surface area contributed by atoms with E-state index in [0.29, 0.717) is 0 Å². The molecule has 1 N–H and O–H groups in total. The normalized spacial score (nSPS) is 15.7. The third-order valence-corrected chi connectivity index (χ3v) is 4.96. The van der Waals surface area contributed by atoms with Crippen LogP contribution in [0.25, 0.3) is 0 Å². The van der Waals surface area contributed by atoms with Crippen LogP contribution in [0.2, 0.25) is 0 Å². The average molecular weight is 342 g/mol. The highest BCUT2D eigenvalue weighted by Crippen LogP contribution is 2.24. The van der Waals surface area contributed by atoms with Gasteiger partial charge in [-0.1, -0.05) is 37.3 Å². The third kappa shape index (κ3) is 4.41. The van der Waals surface area contributed by atoms with Gasteiger partial charge in [-0.15, -0.1) is 0 Å². The number of anilines is 1. The highest BCUT2D eigenvalue weighted by atomic mass is 15.4. The Morgan fingerprint density at radius 2 is 1.80 bits per heavy atom. The van der Waals surface area contributed by atoms with Crippen molar-refractivity contribution in [3.05, 3.63) is 47.2 Å². The van der Waals surface area contributed by atoms with Crippen LogP contribution in [0, 0.1) is 6.92 Å². The lowest BCUT2D eigenvalue weighted by Crippen LogP contribution is -2.47. The molecule has 0 radical (unpaired) electrons. The smallest absolute Gasteiger partial charge is 0.131 e. The van der Waals surface area contributed by atoms with E-state index >= 15 is 0 Å². The Hall–Kier alpha value is -1.85. The Balaban J connectivity index is 1.62. The maximum Gasteiger partial charge on any atom is 0.131 e. The molecule has 1 aliphatic rings. The van der Waals surface area contributed by atoms with Crippen molar-refractivity contribution >= 4 is 5.82 Å². The average Bonchev–Trinajstić information content (AvgIpc) is 2.90. The van der Waals surface area contributed by atoms with Crippen LogP contribution in [0.1, 0.15) is 30.2 Å². The molecule has 1 aromatic heterocycles. The summed E-state index contributed by atoms with van der Waals surface area (Å²) in [6, 6.07) is 10.8. The molecule has 0 bridgehead atoms. The standard InChI is InChI=1S/C20H31N5/c1-4-10-21-15-19-17(2)22-23(3)20(19)25-13-11-24(12-14-25)16-18-8-6-5-7-9-18/h5-9,21H,4,10-16H2,1-3H3. The number of nitrogens with zero attached hydrogens (tertiary/aromatic N) is 4. The molecular formula is C20H31N5. The predicted octanol–water partition coefficient (Wildman–Crippen LogP) is 2.55. The molecule has 1 fully saturated rings. The van der Waals surface area contributed by atoms with Gasteiger partial charge in [0, 0.05) is 51.9 Å². The lowest BCUT2D eigenvalue weighted by molar-refractivity contribution is 0.248. The summed E-state index contributed by atoms with van der Waals surface area (Å²) in [6.07, 6.45) is 1.16. The van der Waals surface area contributed by atoms with E-state index in [4.69, 9.17) is 0 Å². The van der Waals surface area contributed by atoms with E-state index in [1.807, 2.05) is 0 Å². The number of piperazine rings is 1. The van der Waals surface area contributed by atoms with Crippen LogP contribution >= 0.6 is 0 Å². The fraction of sp³-hybridized carbons (Fsp3) is 0.550. The van der Waals surface area contributed by atoms with Crippen LogP contribution in [0.15, 0.2) is 30.3 Å². The zero-order valence-corrected chi connectivity index (χ0v) is 15.8. The molecule has 1 aliphatic heterocycles. The molecule has 3 rings (SSSR count). The second kappa shape index (κ2) is 8.50. The summed E-state index contributed by atoms with van der Waals surface area (Å²) in [4.78, 5) is 5.05. The van der Waals surface area contributed by atoms with Crippen molar-refractivity contribution < 1.29 is 0 Å². The number of hydrogen-bond donors (Lipinski definition) is 1. The van der Waals surface area contributed by atoms with Crippen molar-refractivity contribution in [2.45, 2.75) is 33.4 Å². The minimum absolute atomic E-state index is 0.910. The summed E-state index contributed by atoms with van der Waals surface area (Å²) in [5.74, 6) is 1.29. The highest BCUT2D eigenvalue weighted by Gasteiger charge is 2.23. The van der Waals surface area contributed by atoms with Gasteiger partial charge in [-0.05, 0) is 25.5 Å². The van der Waals surface area contributed by atoms with Crippen LogP contribution in [-0.4, -0.2) is 47.4 Å². The number of rotatable bonds is 7. The minimum atomic E-state index is 0.910. The first kappa shape index (κ1) is 18.0. The zero-order valence-electron chi connectivity index (χ0n) is 15.8. The SMILES string of the molecule is CCCNCc1c(C)nn(C)c1N1CCN(Cc2ccccc2)CC1. The van der Waals surface area contributed by atoms with Crippen molar-refractivity contribution in [3.8, 4) is 0 Å². The molecular weight excluding hydrogens is 310 g/mol. The van der Waals surface area contributed by atoms with E-state index < -0.39 is 0 Å². The molecule has 0 unspecified atom stereocenters. The van der Waals surface area contributed by atoms with E-state index in [1.165, 1.54) is 16.9 Å². The molecule has 0 spiro atoms. The summed E-state index contributed by atoms with van der Waals surface area (Å²) >= 11 is 0. The monoisotopic (exact) mass is 341 g/mol. The molecule has 0 saturated carbocycles. The number of hydrogen-bond acceptors (Lipinski definition) is 4. The summed E-state index contributed by atoms with van der Waals surface area (Å²) in [7, 11) is 2.07. The Bertz CT molecular complexity index is 656. The van der Waals surface area contributed by atoms with Crippen molar-refractivity contribution in [1.82, 2.24) is 20.0 Å². The van der Waals surface area contributed by atoms with Gasteiger partial charge in [0.25, 0.3) is 0 Å². The molecule has 5 nitrogen and oxygen atoms in total. The predicted molar refractivity (Wildman–Crippen MR) is 104 cm³/mol. The first-order valence-electron chi connectivity index (χ1n) is 9.43.